The fourth-order valence-electron chi connectivity index (χ4n) is 2.91. The monoisotopic (exact) mass is 412 g/mol. The Morgan fingerprint density at radius 1 is 1.21 bits per heavy atom. The van der Waals surface area contributed by atoms with Gasteiger partial charge in [-0.05, 0) is 24.4 Å². The molecule has 1 aliphatic rings. The SMILES string of the molecule is CC(c1cc2ccccc2s1)N(O[C@@H]1O[C@H](C(=O)O)[C@@H](O)[C@H](O)[C@H]1O)C(N)=O. The van der Waals surface area contributed by atoms with Crippen LogP contribution in [0.15, 0.2) is 30.3 Å². The van der Waals surface area contributed by atoms with Gasteiger partial charge in [0.2, 0.25) is 6.29 Å². The number of hydrogen-bond donors (Lipinski definition) is 5. The van der Waals surface area contributed by atoms with Crippen LogP contribution in [0.1, 0.15) is 17.8 Å². The molecule has 2 heterocycles. The van der Waals surface area contributed by atoms with E-state index in [1.807, 2.05) is 30.3 Å². The molecule has 11 heteroatoms. The first-order chi connectivity index (χ1) is 13.2. The largest absolute Gasteiger partial charge is 0.479 e. The number of thiophene rings is 1. The summed E-state index contributed by atoms with van der Waals surface area (Å²) in [5, 5.41) is 40.5. The predicted octanol–water partition coefficient (Wildman–Crippen LogP) is 0.167. The van der Waals surface area contributed by atoms with Gasteiger partial charge in [0, 0.05) is 9.58 Å². The van der Waals surface area contributed by atoms with Gasteiger partial charge in [-0.3, -0.25) is 0 Å². The number of hydroxylamine groups is 2. The van der Waals surface area contributed by atoms with Crippen LogP contribution >= 0.6 is 11.3 Å². The van der Waals surface area contributed by atoms with Gasteiger partial charge in [0.15, 0.2) is 6.10 Å². The summed E-state index contributed by atoms with van der Waals surface area (Å²) in [6.07, 6.45) is -9.10. The number of hydrogen-bond acceptors (Lipinski definition) is 8. The number of nitrogens with two attached hydrogens (primary N) is 1. The van der Waals surface area contributed by atoms with Crippen molar-refractivity contribution in [2.24, 2.45) is 5.73 Å². The minimum absolute atomic E-state index is 0.696. The molecule has 0 radical (unpaired) electrons. The van der Waals surface area contributed by atoms with Crippen molar-refractivity contribution in [3.63, 3.8) is 0 Å². The molecule has 10 nitrogen and oxygen atoms in total. The van der Waals surface area contributed by atoms with Crippen LogP contribution < -0.4 is 5.73 Å². The number of benzene rings is 1. The molecule has 1 aromatic carbocycles. The number of nitrogens with zero attached hydrogens (tertiary/aromatic N) is 1. The predicted molar refractivity (Wildman–Crippen MR) is 97.1 cm³/mol. The van der Waals surface area contributed by atoms with E-state index < -0.39 is 48.7 Å². The van der Waals surface area contributed by atoms with Gasteiger partial charge >= 0.3 is 12.0 Å². The standard InChI is InChI=1S/C17H20N2O8S/c1-7(10-6-8-4-2-3-5-9(8)28-10)19(17(18)25)27-16-13(22)11(20)12(21)14(26-16)15(23)24/h2-7,11-14,16,20-22H,1H3,(H2,18,25)(H,23,24)/t7?,11-,12-,13+,14-,16-/m0/s1. The van der Waals surface area contributed by atoms with Crippen LogP contribution in [0.4, 0.5) is 4.79 Å². The van der Waals surface area contributed by atoms with E-state index in [0.29, 0.717) is 0 Å². The van der Waals surface area contributed by atoms with E-state index in [1.165, 1.54) is 11.3 Å². The number of aliphatic hydroxyl groups is 3. The zero-order valence-corrected chi connectivity index (χ0v) is 15.5. The number of carboxylic acids is 1. The molecule has 2 amide bonds. The van der Waals surface area contributed by atoms with Crippen LogP contribution in [0.2, 0.25) is 0 Å². The molecule has 1 unspecified atom stereocenters. The maximum atomic E-state index is 11.9. The maximum absolute atomic E-state index is 11.9. The number of aliphatic carboxylic acids is 1. The molecule has 28 heavy (non-hydrogen) atoms. The van der Waals surface area contributed by atoms with Crippen LogP contribution in [0.3, 0.4) is 0 Å². The van der Waals surface area contributed by atoms with Crippen LogP contribution in [0.25, 0.3) is 10.1 Å². The number of primary amides is 1. The molecule has 1 aliphatic heterocycles. The topological polar surface area (TPSA) is 163 Å². The number of rotatable bonds is 5. The lowest BCUT2D eigenvalue weighted by Crippen LogP contribution is -2.61. The van der Waals surface area contributed by atoms with Crippen molar-refractivity contribution < 1.29 is 39.6 Å². The highest BCUT2D eigenvalue weighted by Gasteiger charge is 2.49. The lowest BCUT2D eigenvalue weighted by atomic mass is 9.99. The highest BCUT2D eigenvalue weighted by atomic mass is 32.1. The summed E-state index contributed by atoms with van der Waals surface area (Å²) in [7, 11) is 0. The van der Waals surface area contributed by atoms with Crippen molar-refractivity contribution in [1.82, 2.24) is 5.06 Å². The summed E-state index contributed by atoms with van der Waals surface area (Å²) < 4.78 is 6.02. The average Bonchev–Trinajstić information content (AvgIpc) is 3.08. The Balaban J connectivity index is 1.83. The second kappa shape index (κ2) is 7.99. The number of carbonyl (C=O) groups is 2. The van der Waals surface area contributed by atoms with Crippen LogP contribution in [0.5, 0.6) is 0 Å². The Bertz CT molecular complexity index is 841. The minimum Gasteiger partial charge on any atom is -0.479 e. The highest BCUT2D eigenvalue weighted by Crippen LogP contribution is 2.34. The van der Waals surface area contributed by atoms with E-state index in [9.17, 15) is 24.9 Å². The van der Waals surface area contributed by atoms with Crippen molar-refractivity contribution >= 4 is 33.4 Å². The van der Waals surface area contributed by atoms with Gasteiger partial charge in [-0.1, -0.05) is 18.2 Å². The second-order valence-corrected chi connectivity index (χ2v) is 7.48. The summed E-state index contributed by atoms with van der Waals surface area (Å²) in [6, 6.07) is 7.71. The molecular weight excluding hydrogens is 392 g/mol. The Morgan fingerprint density at radius 2 is 1.89 bits per heavy atom. The second-order valence-electron chi connectivity index (χ2n) is 6.37. The molecule has 3 rings (SSSR count). The Morgan fingerprint density at radius 3 is 2.50 bits per heavy atom. The van der Waals surface area contributed by atoms with Gasteiger partial charge in [-0.25, -0.2) is 14.4 Å². The number of aliphatic hydroxyl groups excluding tert-OH is 3. The summed E-state index contributed by atoms with van der Waals surface area (Å²) >= 11 is 1.40. The molecule has 0 spiro atoms. The van der Waals surface area contributed by atoms with Gasteiger partial charge in [-0.2, -0.15) is 5.06 Å². The number of ether oxygens (including phenoxy) is 1. The molecule has 1 saturated heterocycles. The van der Waals surface area contributed by atoms with Crippen LogP contribution in [0, 0.1) is 0 Å². The third-order valence-electron chi connectivity index (χ3n) is 4.46. The van der Waals surface area contributed by atoms with E-state index in [2.05, 4.69) is 0 Å². The highest BCUT2D eigenvalue weighted by molar-refractivity contribution is 7.19. The normalized spacial score (nSPS) is 28.8. The van der Waals surface area contributed by atoms with E-state index in [0.717, 1.165) is 20.0 Å². The molecule has 1 aromatic heterocycles. The molecule has 6 atom stereocenters. The molecule has 0 bridgehead atoms. The number of urea groups is 1. The fourth-order valence-corrected chi connectivity index (χ4v) is 4.01. The number of amides is 2. The summed E-state index contributed by atoms with van der Waals surface area (Å²) in [6.45, 7) is 1.63. The number of carbonyl (C=O) groups excluding carboxylic acids is 1. The van der Waals surface area contributed by atoms with Crippen molar-refractivity contribution in [2.45, 2.75) is 43.7 Å². The summed E-state index contributed by atoms with van der Waals surface area (Å²) in [5.74, 6) is -1.56. The summed E-state index contributed by atoms with van der Waals surface area (Å²) in [4.78, 5) is 29.2. The van der Waals surface area contributed by atoms with E-state index in [1.54, 1.807) is 6.92 Å². The maximum Gasteiger partial charge on any atom is 0.339 e. The summed E-state index contributed by atoms with van der Waals surface area (Å²) in [5.41, 5.74) is 5.39. The Hall–Kier alpha value is -2.28. The van der Waals surface area contributed by atoms with E-state index in [-0.39, 0.29) is 0 Å². The molecule has 6 N–H and O–H groups in total. The zero-order valence-electron chi connectivity index (χ0n) is 14.7. The van der Waals surface area contributed by atoms with E-state index in [4.69, 9.17) is 20.4 Å². The number of carboxylic acid groups (broad SMARTS) is 1. The first-order valence-corrected chi connectivity index (χ1v) is 9.18. The third kappa shape index (κ3) is 3.81. The van der Waals surface area contributed by atoms with Gasteiger partial charge in [-0.15, -0.1) is 11.3 Å². The Labute approximate surface area is 163 Å². The Kier molecular flexibility index (Phi) is 5.84. The molecule has 0 saturated carbocycles. The van der Waals surface area contributed by atoms with Crippen LogP contribution in [-0.2, 0) is 14.4 Å². The third-order valence-corrected chi connectivity index (χ3v) is 5.74. The van der Waals surface area contributed by atoms with Gasteiger partial charge in [0.25, 0.3) is 0 Å². The number of fused-ring (bicyclic) bond motifs is 1. The fraction of sp³-hybridized carbons (Fsp3) is 0.412. The lowest BCUT2D eigenvalue weighted by molar-refractivity contribution is -0.348. The zero-order chi connectivity index (χ0) is 20.6. The smallest absolute Gasteiger partial charge is 0.339 e. The van der Waals surface area contributed by atoms with Gasteiger partial charge < -0.3 is 30.9 Å². The molecular formula is C17H20N2O8S. The molecule has 0 aliphatic carbocycles. The average molecular weight is 412 g/mol. The van der Waals surface area contributed by atoms with Gasteiger partial charge in [0.1, 0.15) is 18.3 Å². The molecule has 152 valence electrons. The van der Waals surface area contributed by atoms with Crippen molar-refractivity contribution in [1.29, 1.82) is 0 Å². The minimum atomic E-state index is -1.87. The van der Waals surface area contributed by atoms with Crippen molar-refractivity contribution in [3.8, 4) is 0 Å². The van der Waals surface area contributed by atoms with Gasteiger partial charge in [0.05, 0.1) is 6.04 Å². The first-order valence-electron chi connectivity index (χ1n) is 8.37. The first kappa shape index (κ1) is 20.5. The molecule has 2 aromatic rings. The van der Waals surface area contributed by atoms with Crippen molar-refractivity contribution in [3.05, 3.63) is 35.2 Å². The molecule has 1 fully saturated rings. The lowest BCUT2D eigenvalue weighted by Gasteiger charge is -2.40. The van der Waals surface area contributed by atoms with E-state index >= 15 is 0 Å². The van der Waals surface area contributed by atoms with Crippen molar-refractivity contribution in [2.75, 3.05) is 0 Å². The quantitative estimate of drug-likeness (QED) is 0.434. The van der Waals surface area contributed by atoms with Crippen LogP contribution in [-0.4, -0.2) is 68.2 Å².